The van der Waals surface area contributed by atoms with Crippen LogP contribution in [-0.4, -0.2) is 38.1 Å². The van der Waals surface area contributed by atoms with Crippen molar-refractivity contribution in [2.45, 2.75) is 24.2 Å². The van der Waals surface area contributed by atoms with E-state index in [0.29, 0.717) is 13.1 Å². The normalized spacial score (nSPS) is 16.1. The quantitative estimate of drug-likeness (QED) is 0.861. The Kier molecular flexibility index (Phi) is 4.55. The van der Waals surface area contributed by atoms with E-state index >= 15 is 0 Å². The van der Waals surface area contributed by atoms with Gasteiger partial charge in [-0.3, -0.25) is 4.79 Å². The van der Waals surface area contributed by atoms with Gasteiger partial charge in [0.1, 0.15) is 5.75 Å². The molecule has 2 rings (SSSR count). The lowest BCUT2D eigenvalue weighted by atomic mass is 10.1. The first-order valence-electron chi connectivity index (χ1n) is 6.46. The van der Waals surface area contributed by atoms with E-state index in [2.05, 4.69) is 0 Å². The summed E-state index contributed by atoms with van der Waals surface area (Å²) < 4.78 is 24.5. The Morgan fingerprint density at radius 2 is 1.90 bits per heavy atom. The maximum atomic E-state index is 12.3. The lowest BCUT2D eigenvalue weighted by Crippen LogP contribution is -2.39. The molecule has 1 heterocycles. The molecule has 20 heavy (non-hydrogen) atoms. The molecule has 0 bridgehead atoms. The number of hydrogen-bond donors (Lipinski definition) is 1. The zero-order valence-electron chi connectivity index (χ0n) is 11.0. The fraction of sp³-hybridized carbons (Fsp3) is 0.462. The van der Waals surface area contributed by atoms with E-state index < -0.39 is 15.6 Å². The first-order chi connectivity index (χ1) is 9.40. The molecule has 1 aliphatic rings. The van der Waals surface area contributed by atoms with Crippen LogP contribution in [0.5, 0.6) is 0 Å². The number of piperidine rings is 1. The van der Waals surface area contributed by atoms with Gasteiger partial charge in [-0.2, -0.15) is 0 Å². The van der Waals surface area contributed by atoms with Gasteiger partial charge in [-0.1, -0.05) is 11.6 Å². The summed E-state index contributed by atoms with van der Waals surface area (Å²) in [5, 5.41) is 0.281. The lowest BCUT2D eigenvalue weighted by Gasteiger charge is -2.26. The number of halogens is 1. The third-order valence-electron chi connectivity index (χ3n) is 3.33. The Morgan fingerprint density at radius 1 is 1.25 bits per heavy atom. The van der Waals surface area contributed by atoms with Crippen molar-refractivity contribution in [3.8, 4) is 0 Å². The van der Waals surface area contributed by atoms with Gasteiger partial charge in [-0.05, 0) is 37.5 Å². The van der Waals surface area contributed by atoms with Crippen LogP contribution >= 0.6 is 11.6 Å². The maximum Gasteiger partial charge on any atom is 0.238 e. The molecular formula is C13H17ClN2O3S. The fourth-order valence-corrected chi connectivity index (χ4v) is 3.89. The van der Waals surface area contributed by atoms with Crippen LogP contribution < -0.4 is 5.73 Å². The van der Waals surface area contributed by atoms with Crippen LogP contribution in [0.15, 0.2) is 23.1 Å². The van der Waals surface area contributed by atoms with E-state index in [1.165, 1.54) is 18.2 Å². The minimum absolute atomic E-state index is 0.0737. The number of amides is 1. The van der Waals surface area contributed by atoms with Gasteiger partial charge in [0.05, 0.1) is 10.6 Å². The number of nitrogen functional groups attached to an aromatic ring is 1. The van der Waals surface area contributed by atoms with E-state index in [0.717, 1.165) is 19.3 Å². The third-order valence-corrected chi connectivity index (χ3v) is 5.22. The summed E-state index contributed by atoms with van der Waals surface area (Å²) in [5.74, 6) is -0.929. The van der Waals surface area contributed by atoms with Gasteiger partial charge < -0.3 is 10.6 Å². The molecule has 0 aliphatic carbocycles. The molecule has 7 heteroatoms. The lowest BCUT2D eigenvalue weighted by molar-refractivity contribution is -0.129. The molecule has 5 nitrogen and oxygen atoms in total. The number of benzene rings is 1. The average Bonchev–Trinajstić information content (AvgIpc) is 2.42. The highest BCUT2D eigenvalue weighted by molar-refractivity contribution is 7.92. The van der Waals surface area contributed by atoms with Crippen molar-refractivity contribution in [1.29, 1.82) is 0 Å². The van der Waals surface area contributed by atoms with Gasteiger partial charge in [-0.15, -0.1) is 0 Å². The Balaban J connectivity index is 2.18. The molecule has 0 radical (unpaired) electrons. The average molecular weight is 317 g/mol. The van der Waals surface area contributed by atoms with Crippen molar-refractivity contribution >= 4 is 33.0 Å². The van der Waals surface area contributed by atoms with Gasteiger partial charge in [0, 0.05) is 18.1 Å². The highest BCUT2D eigenvalue weighted by Crippen LogP contribution is 2.24. The summed E-state index contributed by atoms with van der Waals surface area (Å²) in [5.41, 5.74) is 5.78. The van der Waals surface area contributed by atoms with Crippen molar-refractivity contribution in [1.82, 2.24) is 4.90 Å². The van der Waals surface area contributed by atoms with Crippen molar-refractivity contribution in [2.75, 3.05) is 24.6 Å². The standard InChI is InChI=1S/C13H17ClN2O3S/c14-10-4-5-11(15)12(8-10)20(18,19)9-13(17)16-6-2-1-3-7-16/h4-5,8H,1-3,6-7,9,15H2. The maximum absolute atomic E-state index is 12.3. The summed E-state index contributed by atoms with van der Waals surface area (Å²) in [7, 11) is -3.76. The molecule has 1 amide bonds. The zero-order chi connectivity index (χ0) is 14.8. The molecule has 1 fully saturated rings. The molecule has 110 valence electrons. The second-order valence-corrected chi connectivity index (χ2v) is 7.28. The van der Waals surface area contributed by atoms with E-state index in [1.807, 2.05) is 0 Å². The second-order valence-electron chi connectivity index (χ2n) is 4.88. The number of carbonyl (C=O) groups excluding carboxylic acids is 1. The van der Waals surface area contributed by atoms with Crippen molar-refractivity contribution in [3.05, 3.63) is 23.2 Å². The van der Waals surface area contributed by atoms with Crippen molar-refractivity contribution in [2.24, 2.45) is 0 Å². The molecule has 1 saturated heterocycles. The predicted molar refractivity (Wildman–Crippen MR) is 78.3 cm³/mol. The largest absolute Gasteiger partial charge is 0.398 e. The molecular weight excluding hydrogens is 300 g/mol. The number of likely N-dealkylation sites (tertiary alicyclic amines) is 1. The van der Waals surface area contributed by atoms with Gasteiger partial charge in [0.2, 0.25) is 5.91 Å². The fourth-order valence-electron chi connectivity index (χ4n) is 2.25. The van der Waals surface area contributed by atoms with Gasteiger partial charge >= 0.3 is 0 Å². The second kappa shape index (κ2) is 6.01. The topological polar surface area (TPSA) is 80.5 Å². The van der Waals surface area contributed by atoms with Gasteiger partial charge in [-0.25, -0.2) is 8.42 Å². The third kappa shape index (κ3) is 3.43. The van der Waals surface area contributed by atoms with Crippen LogP contribution in [0.3, 0.4) is 0 Å². The predicted octanol–water partition coefficient (Wildman–Crippen LogP) is 1.71. The van der Waals surface area contributed by atoms with Gasteiger partial charge in [0.25, 0.3) is 0 Å². The molecule has 0 saturated carbocycles. The number of rotatable bonds is 3. The minimum atomic E-state index is -3.76. The van der Waals surface area contributed by atoms with Crippen LogP contribution in [0, 0.1) is 0 Å². The molecule has 0 unspecified atom stereocenters. The highest BCUT2D eigenvalue weighted by atomic mass is 35.5. The monoisotopic (exact) mass is 316 g/mol. The van der Waals surface area contributed by atoms with Crippen LogP contribution in [0.2, 0.25) is 5.02 Å². The van der Waals surface area contributed by atoms with Crippen LogP contribution in [-0.2, 0) is 14.6 Å². The summed E-state index contributed by atoms with van der Waals surface area (Å²) in [6.45, 7) is 1.25. The minimum Gasteiger partial charge on any atom is -0.398 e. The Bertz CT molecular complexity index is 610. The SMILES string of the molecule is Nc1ccc(Cl)cc1S(=O)(=O)CC(=O)N1CCCCC1. The first kappa shape index (κ1) is 15.1. The molecule has 0 atom stereocenters. The summed E-state index contributed by atoms with van der Waals surface area (Å²) in [4.78, 5) is 13.6. The summed E-state index contributed by atoms with van der Waals surface area (Å²) in [6, 6.07) is 4.23. The Hall–Kier alpha value is -1.27. The number of nitrogens with two attached hydrogens (primary N) is 1. The van der Waals surface area contributed by atoms with Crippen LogP contribution in [0.4, 0.5) is 5.69 Å². The molecule has 1 aromatic rings. The van der Waals surface area contributed by atoms with Crippen molar-refractivity contribution < 1.29 is 13.2 Å². The zero-order valence-corrected chi connectivity index (χ0v) is 12.6. The Morgan fingerprint density at radius 3 is 2.55 bits per heavy atom. The number of sulfone groups is 1. The number of carbonyl (C=O) groups is 1. The molecule has 2 N–H and O–H groups in total. The van der Waals surface area contributed by atoms with E-state index in [4.69, 9.17) is 17.3 Å². The van der Waals surface area contributed by atoms with Gasteiger partial charge in [0.15, 0.2) is 9.84 Å². The highest BCUT2D eigenvalue weighted by Gasteiger charge is 2.26. The smallest absolute Gasteiger partial charge is 0.238 e. The molecule has 0 aromatic heterocycles. The Labute approximate surface area is 123 Å². The van der Waals surface area contributed by atoms with Crippen LogP contribution in [0.25, 0.3) is 0 Å². The van der Waals surface area contributed by atoms with E-state index in [1.54, 1.807) is 4.90 Å². The number of anilines is 1. The summed E-state index contributed by atoms with van der Waals surface area (Å²) >= 11 is 5.79. The summed E-state index contributed by atoms with van der Waals surface area (Å²) in [6.07, 6.45) is 2.92. The van der Waals surface area contributed by atoms with E-state index in [9.17, 15) is 13.2 Å². The number of nitrogens with zero attached hydrogens (tertiary/aromatic N) is 1. The van der Waals surface area contributed by atoms with Crippen LogP contribution in [0.1, 0.15) is 19.3 Å². The molecule has 1 aliphatic heterocycles. The van der Waals surface area contributed by atoms with E-state index in [-0.39, 0.29) is 21.5 Å². The van der Waals surface area contributed by atoms with Crippen molar-refractivity contribution in [3.63, 3.8) is 0 Å². The number of hydrogen-bond acceptors (Lipinski definition) is 4. The first-order valence-corrected chi connectivity index (χ1v) is 8.49. The molecule has 0 spiro atoms. The molecule has 1 aromatic carbocycles.